The van der Waals surface area contributed by atoms with E-state index in [1.807, 2.05) is 50.2 Å². The van der Waals surface area contributed by atoms with E-state index in [4.69, 9.17) is 14.3 Å². The van der Waals surface area contributed by atoms with Crippen molar-refractivity contribution >= 4 is 11.6 Å². The van der Waals surface area contributed by atoms with E-state index >= 15 is 0 Å². The number of ether oxygens (including phenoxy) is 1. The van der Waals surface area contributed by atoms with E-state index in [0.717, 1.165) is 16.7 Å². The Hall–Kier alpha value is -3.05. The molecule has 2 N–H and O–H groups in total. The highest BCUT2D eigenvalue weighted by molar-refractivity contribution is 5.92. The summed E-state index contributed by atoms with van der Waals surface area (Å²) in [5.41, 5.74) is 3.62. The number of amides is 1. The molecule has 1 amide bonds. The van der Waals surface area contributed by atoms with Crippen LogP contribution in [0.25, 0.3) is 11.3 Å². The van der Waals surface area contributed by atoms with Crippen molar-refractivity contribution in [3.8, 4) is 17.1 Å². The maximum atomic E-state index is 12.2. The Kier molecular flexibility index (Phi) is 5.39. The molecule has 1 aromatic heterocycles. The maximum absolute atomic E-state index is 12.2. The number of carbonyl (C=O) groups excluding carboxylic acids is 1. The molecule has 0 saturated heterocycles. The lowest BCUT2D eigenvalue weighted by Gasteiger charge is -2.10. The summed E-state index contributed by atoms with van der Waals surface area (Å²) < 4.78 is 11.1. The molecule has 134 valence electrons. The van der Waals surface area contributed by atoms with Gasteiger partial charge in [0.05, 0.1) is 0 Å². The van der Waals surface area contributed by atoms with Crippen molar-refractivity contribution < 1.29 is 19.1 Å². The fourth-order valence-corrected chi connectivity index (χ4v) is 2.67. The van der Waals surface area contributed by atoms with Crippen LogP contribution < -0.4 is 10.1 Å². The molecule has 0 radical (unpaired) electrons. The zero-order valence-electron chi connectivity index (χ0n) is 14.8. The molecule has 0 aliphatic carbocycles. The second kappa shape index (κ2) is 7.89. The normalized spacial score (nSPS) is 10.6. The summed E-state index contributed by atoms with van der Waals surface area (Å²) in [7, 11) is 0. The Balaban J connectivity index is 1.63. The first kappa shape index (κ1) is 17.8. The predicted octanol–water partition coefficient (Wildman–Crippen LogP) is 4.07. The van der Waals surface area contributed by atoms with Gasteiger partial charge in [-0.1, -0.05) is 29.8 Å². The van der Waals surface area contributed by atoms with E-state index in [1.165, 1.54) is 0 Å². The number of benzene rings is 2. The summed E-state index contributed by atoms with van der Waals surface area (Å²) in [6, 6.07) is 16.7. The van der Waals surface area contributed by atoms with Crippen molar-refractivity contribution in [1.29, 1.82) is 0 Å². The number of carbonyl (C=O) groups is 1. The molecule has 5 heteroatoms. The largest absolute Gasteiger partial charge is 0.483 e. The van der Waals surface area contributed by atoms with Gasteiger partial charge in [0.25, 0.3) is 5.91 Å². The number of nitrogens with one attached hydrogen (secondary N) is 1. The highest BCUT2D eigenvalue weighted by Crippen LogP contribution is 2.25. The van der Waals surface area contributed by atoms with Gasteiger partial charge in [-0.3, -0.25) is 4.79 Å². The molecule has 2 aromatic carbocycles. The molecule has 5 nitrogen and oxygen atoms in total. The number of rotatable bonds is 6. The highest BCUT2D eigenvalue weighted by atomic mass is 16.5. The minimum Gasteiger partial charge on any atom is -0.483 e. The topological polar surface area (TPSA) is 71.7 Å². The molecule has 0 aliphatic heterocycles. The Morgan fingerprint density at radius 2 is 1.96 bits per heavy atom. The van der Waals surface area contributed by atoms with Crippen molar-refractivity contribution in [3.05, 3.63) is 71.5 Å². The lowest BCUT2D eigenvalue weighted by Crippen LogP contribution is -2.20. The van der Waals surface area contributed by atoms with Crippen molar-refractivity contribution in [3.63, 3.8) is 0 Å². The Bertz CT molecular complexity index is 914. The molecule has 26 heavy (non-hydrogen) atoms. The van der Waals surface area contributed by atoms with Crippen LogP contribution in [0.4, 0.5) is 5.69 Å². The molecular weight excluding hydrogens is 330 g/mol. The number of aliphatic hydroxyl groups is 1. The smallest absolute Gasteiger partial charge is 0.262 e. The van der Waals surface area contributed by atoms with Gasteiger partial charge in [-0.05, 0) is 49.7 Å². The fourth-order valence-electron chi connectivity index (χ4n) is 2.67. The molecule has 0 atom stereocenters. The summed E-state index contributed by atoms with van der Waals surface area (Å²) in [6.07, 6.45) is 0. The number of anilines is 1. The number of hydrogen-bond acceptors (Lipinski definition) is 4. The van der Waals surface area contributed by atoms with E-state index in [0.29, 0.717) is 23.0 Å². The minimum absolute atomic E-state index is 0.0659. The van der Waals surface area contributed by atoms with Gasteiger partial charge in [0.15, 0.2) is 6.61 Å². The summed E-state index contributed by atoms with van der Waals surface area (Å²) in [6.45, 7) is 3.75. The van der Waals surface area contributed by atoms with Crippen LogP contribution in [0.3, 0.4) is 0 Å². The SMILES string of the molecule is Cc1ccc(OCC(=O)Nc2cccc(-c3ccc(CO)o3)c2)c(C)c1. The van der Waals surface area contributed by atoms with Crippen LogP contribution in [0, 0.1) is 13.8 Å². The first-order valence-electron chi connectivity index (χ1n) is 8.35. The van der Waals surface area contributed by atoms with E-state index in [9.17, 15) is 4.79 Å². The van der Waals surface area contributed by atoms with Crippen LogP contribution in [-0.4, -0.2) is 17.6 Å². The molecule has 3 rings (SSSR count). The molecule has 0 unspecified atom stereocenters. The average Bonchev–Trinajstić information content (AvgIpc) is 3.10. The summed E-state index contributed by atoms with van der Waals surface area (Å²) in [5.74, 6) is 1.59. The zero-order chi connectivity index (χ0) is 18.5. The molecule has 0 saturated carbocycles. The van der Waals surface area contributed by atoms with Crippen molar-refractivity contribution in [2.24, 2.45) is 0 Å². The van der Waals surface area contributed by atoms with Gasteiger partial charge < -0.3 is 19.6 Å². The van der Waals surface area contributed by atoms with E-state index in [-0.39, 0.29) is 19.1 Å². The fraction of sp³-hybridized carbons (Fsp3) is 0.190. The first-order valence-corrected chi connectivity index (χ1v) is 8.35. The van der Waals surface area contributed by atoms with Gasteiger partial charge in [0.1, 0.15) is 23.9 Å². The summed E-state index contributed by atoms with van der Waals surface area (Å²) in [5, 5.41) is 11.9. The third kappa shape index (κ3) is 4.32. The second-order valence-corrected chi connectivity index (χ2v) is 6.11. The molecule has 0 aliphatic rings. The van der Waals surface area contributed by atoms with Crippen LogP contribution in [0.2, 0.25) is 0 Å². The molecule has 0 fully saturated rings. The number of aryl methyl sites for hydroxylation is 2. The Labute approximate surface area is 152 Å². The van der Waals surface area contributed by atoms with E-state index < -0.39 is 0 Å². The Morgan fingerprint density at radius 1 is 1.12 bits per heavy atom. The van der Waals surface area contributed by atoms with Crippen LogP contribution >= 0.6 is 0 Å². The lowest BCUT2D eigenvalue weighted by atomic mass is 10.1. The molecule has 0 spiro atoms. The van der Waals surface area contributed by atoms with Gasteiger partial charge in [0, 0.05) is 11.3 Å². The third-order valence-corrected chi connectivity index (χ3v) is 3.94. The second-order valence-electron chi connectivity index (χ2n) is 6.11. The minimum atomic E-state index is -0.238. The Morgan fingerprint density at radius 3 is 2.69 bits per heavy atom. The average molecular weight is 351 g/mol. The summed E-state index contributed by atoms with van der Waals surface area (Å²) in [4.78, 5) is 12.2. The van der Waals surface area contributed by atoms with Gasteiger partial charge in [-0.15, -0.1) is 0 Å². The third-order valence-electron chi connectivity index (χ3n) is 3.94. The standard InChI is InChI=1S/C21H21NO4/c1-14-6-8-19(15(2)10-14)25-13-21(24)22-17-5-3-4-16(11-17)20-9-7-18(12-23)26-20/h3-11,23H,12-13H2,1-2H3,(H,22,24). The molecule has 0 bridgehead atoms. The molecule has 3 aromatic rings. The van der Waals surface area contributed by atoms with Gasteiger partial charge in [-0.2, -0.15) is 0 Å². The molecular formula is C21H21NO4. The van der Waals surface area contributed by atoms with Crippen molar-refractivity contribution in [1.82, 2.24) is 0 Å². The highest BCUT2D eigenvalue weighted by Gasteiger charge is 2.08. The van der Waals surface area contributed by atoms with E-state index in [1.54, 1.807) is 18.2 Å². The lowest BCUT2D eigenvalue weighted by molar-refractivity contribution is -0.118. The van der Waals surface area contributed by atoms with E-state index in [2.05, 4.69) is 5.32 Å². The number of aliphatic hydroxyl groups excluding tert-OH is 1. The van der Waals surface area contributed by atoms with Crippen molar-refractivity contribution in [2.75, 3.05) is 11.9 Å². The van der Waals surface area contributed by atoms with Gasteiger partial charge in [0.2, 0.25) is 0 Å². The van der Waals surface area contributed by atoms with Gasteiger partial charge >= 0.3 is 0 Å². The first-order chi connectivity index (χ1) is 12.5. The molecule has 1 heterocycles. The quantitative estimate of drug-likeness (QED) is 0.702. The van der Waals surface area contributed by atoms with Gasteiger partial charge in [-0.25, -0.2) is 0 Å². The van der Waals surface area contributed by atoms with Crippen LogP contribution in [0.15, 0.2) is 59.0 Å². The predicted molar refractivity (Wildman–Crippen MR) is 100 cm³/mol. The monoisotopic (exact) mass is 351 g/mol. The number of furan rings is 1. The van der Waals surface area contributed by atoms with Crippen LogP contribution in [-0.2, 0) is 11.4 Å². The number of hydrogen-bond donors (Lipinski definition) is 2. The summed E-state index contributed by atoms with van der Waals surface area (Å²) >= 11 is 0. The van der Waals surface area contributed by atoms with Crippen LogP contribution in [0.5, 0.6) is 5.75 Å². The maximum Gasteiger partial charge on any atom is 0.262 e. The van der Waals surface area contributed by atoms with Crippen molar-refractivity contribution in [2.45, 2.75) is 20.5 Å². The zero-order valence-corrected chi connectivity index (χ0v) is 14.8. The van der Waals surface area contributed by atoms with Crippen LogP contribution in [0.1, 0.15) is 16.9 Å².